The average Bonchev–Trinajstić information content (AvgIpc) is 0.737. The summed E-state index contributed by atoms with van der Waals surface area (Å²) in [5.74, 6) is 8.23. The van der Waals surface area contributed by atoms with E-state index in [1.165, 1.54) is 399 Å². The molecule has 0 amide bonds. The Labute approximate surface area is 585 Å². The molecule has 0 fully saturated rings. The summed E-state index contributed by atoms with van der Waals surface area (Å²) in [5.41, 5.74) is 9.14. The van der Waals surface area contributed by atoms with Crippen LogP contribution in [0.2, 0.25) is 0 Å². The van der Waals surface area contributed by atoms with Gasteiger partial charge < -0.3 is 0 Å². The van der Waals surface area contributed by atoms with E-state index >= 15 is 0 Å². The molecule has 0 radical (unpaired) electrons. The summed E-state index contributed by atoms with van der Waals surface area (Å²) >= 11 is 8.39. The first kappa shape index (κ1) is 77.9. The number of hydrogen-bond acceptors (Lipinski definition) is 0. The first-order chi connectivity index (χ1) is 45.5. The molecule has 0 saturated heterocycles. The lowest BCUT2D eigenvalue weighted by Gasteiger charge is -2.25. The summed E-state index contributed by atoms with van der Waals surface area (Å²) in [5, 5.41) is 11.0. The van der Waals surface area contributed by atoms with Crippen LogP contribution >= 0.6 is 31.9 Å². The molecule has 0 saturated carbocycles. The van der Waals surface area contributed by atoms with Crippen LogP contribution in [-0.2, 0) is 25.7 Å². The zero-order valence-electron chi connectivity index (χ0n) is 60.3. The van der Waals surface area contributed by atoms with Crippen LogP contribution in [-0.4, -0.2) is 0 Å². The predicted octanol–water partition coefficient (Wildman–Crippen LogP) is 31.8. The molecule has 0 aliphatic rings. The number of rotatable bonds is 56. The van der Waals surface area contributed by atoms with E-state index in [4.69, 9.17) is 0 Å². The lowest BCUT2D eigenvalue weighted by Crippen LogP contribution is -2.09. The van der Waals surface area contributed by atoms with Crippen LogP contribution < -0.4 is 0 Å². The average molecular weight is 1380 g/mol. The van der Waals surface area contributed by atoms with Crippen LogP contribution in [0.3, 0.4) is 0 Å². The van der Waals surface area contributed by atoms with Gasteiger partial charge in [0, 0.05) is 25.5 Å². The Kier molecular flexibility index (Phi) is 42.5. The number of benzene rings is 6. The minimum absolute atomic E-state index is 1.12. The molecule has 0 bridgehead atoms. The van der Waals surface area contributed by atoms with Gasteiger partial charge in [0.25, 0.3) is 0 Å². The van der Waals surface area contributed by atoms with E-state index in [2.05, 4.69) is 144 Å². The van der Waals surface area contributed by atoms with Crippen molar-refractivity contribution in [3.63, 3.8) is 0 Å². The number of fused-ring (bicyclic) bond motifs is 4. The number of unbranched alkanes of at least 4 members (excludes halogenated alkanes) is 48. The summed E-state index contributed by atoms with van der Waals surface area (Å²) in [4.78, 5) is 0. The maximum absolute atomic E-state index is 4.30. The zero-order valence-corrected chi connectivity index (χ0v) is 63.5. The molecule has 92 heavy (non-hydrogen) atoms. The molecule has 0 aromatic heterocycles. The van der Waals surface area contributed by atoms with Crippen LogP contribution in [0, 0.1) is 11.8 Å². The number of aryl methyl sites for hydroxylation is 2. The van der Waals surface area contributed by atoms with Gasteiger partial charge in [-0.05, 0) is 174 Å². The summed E-state index contributed by atoms with van der Waals surface area (Å²) in [6, 6.07) is 27.9. The quantitative estimate of drug-likeness (QED) is 0.0203. The molecule has 0 aliphatic heterocycles. The second kappa shape index (κ2) is 50.3. The van der Waals surface area contributed by atoms with Crippen molar-refractivity contribution >= 4 is 74.9 Å². The van der Waals surface area contributed by atoms with E-state index in [0.29, 0.717) is 0 Å². The first-order valence-corrected chi connectivity index (χ1v) is 41.9. The second-order valence-electron chi connectivity index (χ2n) is 29.0. The van der Waals surface area contributed by atoms with Gasteiger partial charge in [0.05, 0.1) is 0 Å². The van der Waals surface area contributed by atoms with Gasteiger partial charge in [-0.15, -0.1) is 0 Å². The van der Waals surface area contributed by atoms with Crippen molar-refractivity contribution in [1.82, 2.24) is 0 Å². The van der Waals surface area contributed by atoms with Gasteiger partial charge >= 0.3 is 0 Å². The molecule has 2 heteroatoms. The van der Waals surface area contributed by atoms with Gasteiger partial charge in [-0.2, -0.15) is 0 Å². The third-order valence-electron chi connectivity index (χ3n) is 21.1. The topological polar surface area (TPSA) is 0 Å². The first-order valence-electron chi connectivity index (χ1n) is 40.3. The van der Waals surface area contributed by atoms with Crippen molar-refractivity contribution in [2.45, 2.75) is 387 Å². The molecule has 0 aliphatic carbocycles. The van der Waals surface area contributed by atoms with Crippen LogP contribution in [0.25, 0.3) is 43.1 Å². The van der Waals surface area contributed by atoms with Crippen LogP contribution in [0.4, 0.5) is 0 Å². The summed E-state index contributed by atoms with van der Waals surface area (Å²) in [6.07, 6.45) is 76.8. The van der Waals surface area contributed by atoms with Gasteiger partial charge in [0.2, 0.25) is 0 Å². The largest absolute Gasteiger partial charge is 0.0654 e. The van der Waals surface area contributed by atoms with Crippen LogP contribution in [0.5, 0.6) is 0 Å². The molecular weight excluding hydrogens is 1240 g/mol. The van der Waals surface area contributed by atoms with Gasteiger partial charge in [-0.25, -0.2) is 0 Å². The van der Waals surface area contributed by atoms with Gasteiger partial charge in [0.15, 0.2) is 0 Å². The van der Waals surface area contributed by atoms with E-state index in [1.54, 1.807) is 27.6 Å². The van der Waals surface area contributed by atoms with E-state index in [0.717, 1.165) is 18.4 Å². The minimum Gasteiger partial charge on any atom is -0.0654 e. The van der Waals surface area contributed by atoms with E-state index in [-0.39, 0.29) is 0 Å². The minimum atomic E-state index is 1.12. The van der Waals surface area contributed by atoms with E-state index in [1.807, 2.05) is 0 Å². The fourth-order valence-electron chi connectivity index (χ4n) is 15.4. The molecule has 0 unspecified atom stereocenters. The summed E-state index contributed by atoms with van der Waals surface area (Å²) in [7, 11) is 0. The molecule has 0 spiro atoms. The maximum atomic E-state index is 4.30. The monoisotopic (exact) mass is 1370 g/mol. The van der Waals surface area contributed by atoms with E-state index in [9.17, 15) is 0 Å². The van der Waals surface area contributed by atoms with Crippen molar-refractivity contribution in [1.29, 1.82) is 0 Å². The van der Waals surface area contributed by atoms with Crippen molar-refractivity contribution in [2.75, 3.05) is 0 Å². The maximum Gasteiger partial charge on any atom is 0.0398 e. The highest BCUT2D eigenvalue weighted by Gasteiger charge is 2.24. The van der Waals surface area contributed by atoms with Crippen LogP contribution in [0.1, 0.15) is 395 Å². The van der Waals surface area contributed by atoms with Gasteiger partial charge in [-0.3, -0.25) is 0 Å². The van der Waals surface area contributed by atoms with E-state index < -0.39 is 0 Å². The Hall–Kier alpha value is -3.12. The molecule has 510 valence electrons. The van der Waals surface area contributed by atoms with Crippen molar-refractivity contribution in [3.8, 4) is 11.8 Å². The third kappa shape index (κ3) is 29.3. The number of hydrogen-bond donors (Lipinski definition) is 0. The zero-order chi connectivity index (χ0) is 64.7. The van der Waals surface area contributed by atoms with Gasteiger partial charge in [0.1, 0.15) is 0 Å². The Morgan fingerprint density at radius 2 is 0.576 bits per heavy atom. The molecular formula is C90H136Br2. The molecule has 0 N–H and O–H groups in total. The van der Waals surface area contributed by atoms with Crippen molar-refractivity contribution < 1.29 is 0 Å². The summed E-state index contributed by atoms with van der Waals surface area (Å²) in [6.45, 7) is 9.33. The van der Waals surface area contributed by atoms with Crippen molar-refractivity contribution in [2.24, 2.45) is 0 Å². The Morgan fingerprint density at radius 3 is 0.978 bits per heavy atom. The fourth-order valence-corrected chi connectivity index (χ4v) is 16.4. The summed E-state index contributed by atoms with van der Waals surface area (Å²) < 4.78 is 2.40. The Balaban J connectivity index is 1.38. The Bertz CT molecular complexity index is 2940. The SMILES string of the molecule is CCCCCCCCCCCCCCCc1c(CCCCCCCCCCCCCCC)c(CCCCCCCCCCCCCCC)c2c(CCCCCCCCCCCCCCC)c3c(Br)c(Br)ccc3cc2c1C#Cc1cccc2cc3ccccc3cc12. The smallest absolute Gasteiger partial charge is 0.0398 e. The Morgan fingerprint density at radius 1 is 0.250 bits per heavy atom. The lowest BCUT2D eigenvalue weighted by molar-refractivity contribution is 0.536. The normalized spacial score (nSPS) is 11.8. The molecule has 6 aromatic rings. The third-order valence-corrected chi connectivity index (χ3v) is 23.1. The number of halogens is 2. The predicted molar refractivity (Wildman–Crippen MR) is 422 cm³/mol. The highest BCUT2D eigenvalue weighted by molar-refractivity contribution is 9.13. The molecule has 6 aromatic carbocycles. The highest BCUT2D eigenvalue weighted by atomic mass is 79.9. The van der Waals surface area contributed by atoms with Gasteiger partial charge in [-0.1, -0.05) is 390 Å². The second-order valence-corrected chi connectivity index (χ2v) is 30.6. The standard InChI is InChI=1S/C90H136Br2/c1-5-9-13-17-21-25-29-33-37-41-45-49-53-64-80-81(65-54-50-46-42-38-34-30-26-22-18-14-10-6-2)83(66-55-51-47-43-39-35-31-27-23-19-15-11-7-3)89-84(67-56-52-48-44-40-36-32-28-24-20-16-12-8-4)88-79(69-71-87(91)90(88)92)74-86(89)82(80)70-68-75-62-59-63-78-72-76-60-57-58-61-77(76)73-85(75)78/h57-63,69,71-74H,5-56,64-67H2,1-4H3. The highest BCUT2D eigenvalue weighted by Crippen LogP contribution is 2.44. The van der Waals surface area contributed by atoms with Crippen LogP contribution in [0.15, 0.2) is 81.7 Å². The van der Waals surface area contributed by atoms with Crippen molar-refractivity contribution in [3.05, 3.63) is 115 Å². The molecule has 6 rings (SSSR count). The lowest BCUT2D eigenvalue weighted by atomic mass is 9.79. The molecule has 0 nitrogen and oxygen atoms in total. The molecule has 0 heterocycles. The fraction of sp³-hybridized carbons (Fsp3) is 0.667. The molecule has 0 atom stereocenters.